The quantitative estimate of drug-likeness (QED) is 0.196. The van der Waals surface area contributed by atoms with Crippen molar-refractivity contribution in [3.63, 3.8) is 0 Å². The molecule has 0 aliphatic heterocycles. The van der Waals surface area contributed by atoms with Gasteiger partial charge in [0.25, 0.3) is 10.0 Å². The van der Waals surface area contributed by atoms with Crippen LogP contribution in [-0.4, -0.2) is 37.7 Å². The van der Waals surface area contributed by atoms with Gasteiger partial charge in [0.15, 0.2) is 4.34 Å². The standard InChI is InChI=1S/C26H26N4O4S3/c1-3-34-22-13-11-21(12-14-22)30(37(32,33)23-15-9-19(2)10-16-23)17-24(31)27-25-28-29-26(36-25)35-18-20-7-5-4-6-8-20/h4-16H,3,17-18H2,1-2H3,(H,27,28,31). The maximum absolute atomic E-state index is 13.6. The summed E-state index contributed by atoms with van der Waals surface area (Å²) in [5.74, 6) is 0.808. The third kappa shape index (κ3) is 7.09. The fourth-order valence-corrected chi connectivity index (χ4v) is 6.50. The van der Waals surface area contributed by atoms with Crippen molar-refractivity contribution in [3.8, 4) is 5.75 Å². The van der Waals surface area contributed by atoms with Gasteiger partial charge in [0.05, 0.1) is 17.2 Å². The molecule has 8 nitrogen and oxygen atoms in total. The Labute approximate surface area is 224 Å². The Balaban J connectivity index is 1.50. The molecule has 0 atom stereocenters. The summed E-state index contributed by atoms with van der Waals surface area (Å²) in [6.45, 7) is 3.80. The number of anilines is 2. The van der Waals surface area contributed by atoms with Crippen molar-refractivity contribution in [1.82, 2.24) is 10.2 Å². The number of benzene rings is 3. The van der Waals surface area contributed by atoms with Gasteiger partial charge in [-0.3, -0.25) is 14.4 Å². The zero-order valence-corrected chi connectivity index (χ0v) is 22.8. The number of carbonyl (C=O) groups is 1. The lowest BCUT2D eigenvalue weighted by Crippen LogP contribution is -2.38. The fourth-order valence-electron chi connectivity index (χ4n) is 3.35. The van der Waals surface area contributed by atoms with Gasteiger partial charge in [0, 0.05) is 5.75 Å². The Morgan fingerprint density at radius 2 is 1.70 bits per heavy atom. The van der Waals surface area contributed by atoms with Crippen molar-refractivity contribution in [1.29, 1.82) is 0 Å². The average molecular weight is 555 g/mol. The minimum atomic E-state index is -4.02. The van der Waals surface area contributed by atoms with Crippen molar-refractivity contribution in [2.75, 3.05) is 22.8 Å². The van der Waals surface area contributed by atoms with Gasteiger partial charge in [0.1, 0.15) is 12.3 Å². The molecule has 0 aliphatic carbocycles. The minimum Gasteiger partial charge on any atom is -0.494 e. The highest BCUT2D eigenvalue weighted by Gasteiger charge is 2.27. The Morgan fingerprint density at radius 1 is 1.00 bits per heavy atom. The van der Waals surface area contributed by atoms with Crippen LogP contribution in [0.4, 0.5) is 10.8 Å². The number of rotatable bonds is 11. The number of sulfonamides is 1. The van der Waals surface area contributed by atoms with E-state index in [-0.39, 0.29) is 4.90 Å². The van der Waals surface area contributed by atoms with Gasteiger partial charge in [-0.25, -0.2) is 8.42 Å². The molecule has 0 radical (unpaired) electrons. The molecule has 1 heterocycles. The van der Waals surface area contributed by atoms with Gasteiger partial charge < -0.3 is 4.74 Å². The van der Waals surface area contributed by atoms with Crippen molar-refractivity contribution in [3.05, 3.63) is 90.0 Å². The molecular formula is C26H26N4O4S3. The average Bonchev–Trinajstić information content (AvgIpc) is 3.35. The largest absolute Gasteiger partial charge is 0.494 e. The van der Waals surface area contributed by atoms with E-state index in [0.29, 0.717) is 27.5 Å². The van der Waals surface area contributed by atoms with Gasteiger partial charge >= 0.3 is 0 Å². The van der Waals surface area contributed by atoms with Gasteiger partial charge in [-0.05, 0) is 55.8 Å². The SMILES string of the molecule is CCOc1ccc(N(CC(=O)Nc2nnc(SCc3ccccc3)s2)S(=O)(=O)c2ccc(C)cc2)cc1. The molecule has 3 aromatic carbocycles. The second kappa shape index (κ2) is 12.2. The number of nitrogens with zero attached hydrogens (tertiary/aromatic N) is 3. The zero-order valence-electron chi connectivity index (χ0n) is 20.3. The molecule has 0 spiro atoms. The van der Waals surface area contributed by atoms with Crippen molar-refractivity contribution in [2.45, 2.75) is 28.8 Å². The van der Waals surface area contributed by atoms with Gasteiger partial charge in [-0.1, -0.05) is 71.1 Å². The maximum Gasteiger partial charge on any atom is 0.264 e. The summed E-state index contributed by atoms with van der Waals surface area (Å²) in [4.78, 5) is 13.1. The first-order valence-electron chi connectivity index (χ1n) is 11.5. The lowest BCUT2D eigenvalue weighted by Gasteiger charge is -2.24. The first kappa shape index (κ1) is 26.6. The number of aryl methyl sites for hydroxylation is 1. The van der Waals surface area contributed by atoms with Crippen molar-refractivity contribution >= 4 is 49.8 Å². The van der Waals surface area contributed by atoms with E-state index in [4.69, 9.17) is 4.74 Å². The normalized spacial score (nSPS) is 11.2. The van der Waals surface area contributed by atoms with Gasteiger partial charge in [-0.15, -0.1) is 10.2 Å². The van der Waals surface area contributed by atoms with Crippen LogP contribution in [0, 0.1) is 6.92 Å². The third-order valence-electron chi connectivity index (χ3n) is 5.19. The van der Waals surface area contributed by atoms with Gasteiger partial charge in [0.2, 0.25) is 11.0 Å². The predicted molar refractivity (Wildman–Crippen MR) is 148 cm³/mol. The summed E-state index contributed by atoms with van der Waals surface area (Å²) in [5, 5.41) is 11.2. The van der Waals surface area contributed by atoms with E-state index in [1.165, 1.54) is 35.2 Å². The van der Waals surface area contributed by atoms with Gasteiger partial charge in [-0.2, -0.15) is 0 Å². The number of aromatic nitrogens is 2. The van der Waals surface area contributed by atoms with Crippen LogP contribution < -0.4 is 14.4 Å². The first-order valence-corrected chi connectivity index (χ1v) is 14.7. The highest BCUT2D eigenvalue weighted by molar-refractivity contribution is 8.00. The zero-order chi connectivity index (χ0) is 26.3. The van der Waals surface area contributed by atoms with E-state index in [9.17, 15) is 13.2 Å². The summed E-state index contributed by atoms with van der Waals surface area (Å²) >= 11 is 2.76. The maximum atomic E-state index is 13.6. The molecule has 0 fully saturated rings. The van der Waals surface area contributed by atoms with Crippen LogP contribution in [0.2, 0.25) is 0 Å². The lowest BCUT2D eigenvalue weighted by molar-refractivity contribution is -0.114. The number of ether oxygens (including phenoxy) is 1. The molecule has 0 unspecified atom stereocenters. The molecule has 4 rings (SSSR count). The molecule has 4 aromatic rings. The Kier molecular flexibility index (Phi) is 8.80. The second-order valence-electron chi connectivity index (χ2n) is 7.95. The van der Waals surface area contributed by atoms with Crippen LogP contribution in [0.1, 0.15) is 18.1 Å². The first-order chi connectivity index (χ1) is 17.8. The van der Waals surface area contributed by atoms with Crippen molar-refractivity contribution < 1.29 is 17.9 Å². The van der Waals surface area contributed by atoms with E-state index in [0.717, 1.165) is 21.2 Å². The summed E-state index contributed by atoms with van der Waals surface area (Å²) in [6, 6.07) is 23.1. The Bertz CT molecular complexity index is 1420. The minimum absolute atomic E-state index is 0.0929. The molecule has 0 saturated carbocycles. The van der Waals surface area contributed by atoms with Crippen LogP contribution >= 0.6 is 23.1 Å². The molecule has 0 bridgehead atoms. The monoisotopic (exact) mass is 554 g/mol. The van der Waals surface area contributed by atoms with E-state index in [1.54, 1.807) is 36.4 Å². The number of hydrogen-bond acceptors (Lipinski definition) is 8. The Morgan fingerprint density at radius 3 is 2.38 bits per heavy atom. The smallest absolute Gasteiger partial charge is 0.264 e. The second-order valence-corrected chi connectivity index (χ2v) is 12.0. The van der Waals surface area contributed by atoms with Crippen LogP contribution in [0.25, 0.3) is 0 Å². The topological polar surface area (TPSA) is 101 Å². The summed E-state index contributed by atoms with van der Waals surface area (Å²) in [6.07, 6.45) is 0. The van der Waals surface area contributed by atoms with Crippen molar-refractivity contribution in [2.24, 2.45) is 0 Å². The highest BCUT2D eigenvalue weighted by atomic mass is 32.2. The molecule has 0 aliphatic rings. The number of hydrogen-bond donors (Lipinski definition) is 1. The molecule has 0 saturated heterocycles. The molecule has 192 valence electrons. The van der Waals surface area contributed by atoms with E-state index >= 15 is 0 Å². The molecular weight excluding hydrogens is 529 g/mol. The van der Waals surface area contributed by atoms with E-state index in [1.807, 2.05) is 44.2 Å². The van der Waals surface area contributed by atoms with E-state index < -0.39 is 22.5 Å². The summed E-state index contributed by atoms with van der Waals surface area (Å²) < 4.78 is 34.4. The summed E-state index contributed by atoms with van der Waals surface area (Å²) in [7, 11) is -4.02. The fraction of sp³-hybridized carbons (Fsp3) is 0.192. The predicted octanol–water partition coefficient (Wildman–Crippen LogP) is 5.37. The van der Waals surface area contributed by atoms with E-state index in [2.05, 4.69) is 15.5 Å². The summed E-state index contributed by atoms with van der Waals surface area (Å²) in [5.41, 5.74) is 2.43. The molecule has 1 aromatic heterocycles. The number of nitrogens with one attached hydrogen (secondary N) is 1. The van der Waals surface area contributed by atoms with Crippen LogP contribution in [0.3, 0.4) is 0 Å². The molecule has 1 N–H and O–H groups in total. The number of amides is 1. The van der Waals surface area contributed by atoms with Crippen LogP contribution in [0.5, 0.6) is 5.75 Å². The Hall–Kier alpha value is -3.41. The highest BCUT2D eigenvalue weighted by Crippen LogP contribution is 2.29. The number of carbonyl (C=O) groups excluding carboxylic acids is 1. The number of thioether (sulfide) groups is 1. The van der Waals surface area contributed by atoms with Crippen LogP contribution in [0.15, 0.2) is 88.1 Å². The lowest BCUT2D eigenvalue weighted by atomic mass is 10.2. The third-order valence-corrected chi connectivity index (χ3v) is 9.02. The molecule has 37 heavy (non-hydrogen) atoms. The van der Waals surface area contributed by atoms with Crippen LogP contribution in [-0.2, 0) is 20.6 Å². The molecule has 1 amide bonds. The molecule has 11 heteroatoms.